The number of morpholine rings is 1. The highest BCUT2D eigenvalue weighted by Crippen LogP contribution is 2.06. The number of hydrogen-bond acceptors (Lipinski definition) is 5. The van der Waals surface area contributed by atoms with Crippen molar-refractivity contribution >= 4 is 12.1 Å². The predicted octanol–water partition coefficient (Wildman–Crippen LogP) is 0.423. The maximum Gasteiger partial charge on any atom is 0.295 e. The Hall–Kier alpha value is -1.70. The number of nitrogens with zero attached hydrogens (tertiary/aromatic N) is 2. The van der Waals surface area contributed by atoms with Crippen LogP contribution >= 0.6 is 0 Å². The van der Waals surface area contributed by atoms with Crippen molar-refractivity contribution in [2.24, 2.45) is 5.10 Å². The van der Waals surface area contributed by atoms with E-state index in [0.29, 0.717) is 36.4 Å². The average Bonchev–Trinajstić information content (AvgIpc) is 2.50. The van der Waals surface area contributed by atoms with Crippen LogP contribution in [-0.2, 0) is 14.3 Å². The highest BCUT2D eigenvalue weighted by atomic mass is 16.5. The van der Waals surface area contributed by atoms with Gasteiger partial charge >= 0.3 is 0 Å². The second-order valence-corrected chi connectivity index (χ2v) is 5.83. The molecule has 1 aliphatic heterocycles. The third-order valence-corrected chi connectivity index (χ3v) is 3.56. The number of amides is 1. The Balaban J connectivity index is 2.33. The van der Waals surface area contributed by atoms with Crippen LogP contribution in [0, 0.1) is 0 Å². The lowest BCUT2D eigenvalue weighted by Gasteiger charge is -2.36. The number of likely N-dealkylation sites (N-methyl/N-ethyl adjacent to an activating group) is 1. The van der Waals surface area contributed by atoms with Crippen LogP contribution in [0.2, 0.25) is 0 Å². The molecule has 1 fully saturated rings. The number of ether oxygens (including phenoxy) is 2. The SMILES string of the molecule is COC(/C=C\C(C)O)=C/C/C=N/NC(=O)C[N+]1(C)CCOCC1. The van der Waals surface area contributed by atoms with E-state index in [4.69, 9.17) is 9.47 Å². The number of aliphatic hydroxyl groups excluding tert-OH is 1. The molecule has 0 saturated carbocycles. The molecule has 7 nitrogen and oxygen atoms in total. The molecule has 23 heavy (non-hydrogen) atoms. The molecule has 0 bridgehead atoms. The van der Waals surface area contributed by atoms with Gasteiger partial charge in [0, 0.05) is 12.6 Å². The van der Waals surface area contributed by atoms with Crippen LogP contribution in [0.1, 0.15) is 13.3 Å². The molecule has 1 amide bonds. The van der Waals surface area contributed by atoms with Crippen LogP contribution < -0.4 is 5.43 Å². The molecule has 1 rings (SSSR count). The van der Waals surface area contributed by atoms with Crippen molar-refractivity contribution in [2.75, 3.05) is 47.0 Å². The number of quaternary nitrogens is 1. The van der Waals surface area contributed by atoms with E-state index in [1.165, 1.54) is 0 Å². The molecular weight excluding hydrogens is 298 g/mol. The first-order valence-electron chi connectivity index (χ1n) is 7.77. The van der Waals surface area contributed by atoms with Crippen LogP contribution in [0.3, 0.4) is 0 Å². The Labute approximate surface area is 137 Å². The quantitative estimate of drug-likeness (QED) is 0.223. The van der Waals surface area contributed by atoms with Crippen molar-refractivity contribution in [3.8, 4) is 0 Å². The zero-order valence-electron chi connectivity index (χ0n) is 14.2. The summed E-state index contributed by atoms with van der Waals surface area (Å²) in [6, 6.07) is 0. The second-order valence-electron chi connectivity index (χ2n) is 5.83. The Kier molecular flexibility index (Phi) is 8.53. The van der Waals surface area contributed by atoms with E-state index in [1.807, 2.05) is 13.1 Å². The average molecular weight is 326 g/mol. The Morgan fingerprint density at radius 2 is 2.17 bits per heavy atom. The van der Waals surface area contributed by atoms with Gasteiger partial charge in [-0.15, -0.1) is 0 Å². The number of hydrogen-bond donors (Lipinski definition) is 2. The normalized spacial score (nSPS) is 19.9. The van der Waals surface area contributed by atoms with E-state index in [-0.39, 0.29) is 5.91 Å². The van der Waals surface area contributed by atoms with Crippen LogP contribution in [0.15, 0.2) is 29.1 Å². The molecule has 1 unspecified atom stereocenters. The van der Waals surface area contributed by atoms with Gasteiger partial charge in [-0.2, -0.15) is 5.10 Å². The van der Waals surface area contributed by atoms with E-state index in [2.05, 4.69) is 10.5 Å². The first-order valence-corrected chi connectivity index (χ1v) is 7.77. The number of hydrazone groups is 1. The molecule has 0 aromatic heterocycles. The molecular formula is C16H28N3O4+. The summed E-state index contributed by atoms with van der Waals surface area (Å²) in [7, 11) is 3.61. The third kappa shape index (κ3) is 8.49. The zero-order valence-corrected chi connectivity index (χ0v) is 14.2. The molecule has 2 N–H and O–H groups in total. The zero-order chi connectivity index (χ0) is 17.1. The van der Waals surface area contributed by atoms with Gasteiger partial charge < -0.3 is 19.1 Å². The molecule has 0 aliphatic carbocycles. The minimum absolute atomic E-state index is 0.101. The summed E-state index contributed by atoms with van der Waals surface area (Å²) in [5.41, 5.74) is 2.54. The van der Waals surface area contributed by atoms with Gasteiger partial charge in [0.05, 0.1) is 33.5 Å². The summed E-state index contributed by atoms with van der Waals surface area (Å²) in [4.78, 5) is 11.9. The summed E-state index contributed by atoms with van der Waals surface area (Å²) in [6.07, 6.45) is 6.73. The highest BCUT2D eigenvalue weighted by Gasteiger charge is 2.27. The molecule has 0 aromatic rings. The van der Waals surface area contributed by atoms with Crippen LogP contribution in [-0.4, -0.2) is 74.8 Å². The molecule has 0 radical (unpaired) electrons. The minimum Gasteiger partial charge on any atom is -0.497 e. The molecule has 1 heterocycles. The van der Waals surface area contributed by atoms with E-state index in [9.17, 15) is 9.90 Å². The lowest BCUT2D eigenvalue weighted by Crippen LogP contribution is -2.55. The fraction of sp³-hybridized carbons (Fsp3) is 0.625. The molecule has 1 atom stereocenters. The smallest absolute Gasteiger partial charge is 0.295 e. The van der Waals surface area contributed by atoms with Crippen molar-refractivity contribution in [1.82, 2.24) is 5.43 Å². The Morgan fingerprint density at radius 3 is 2.78 bits per heavy atom. The number of rotatable bonds is 8. The maximum absolute atomic E-state index is 11.9. The van der Waals surface area contributed by atoms with Gasteiger partial charge in [0.2, 0.25) is 0 Å². The van der Waals surface area contributed by atoms with Gasteiger partial charge in [-0.1, -0.05) is 6.08 Å². The highest BCUT2D eigenvalue weighted by molar-refractivity contribution is 5.77. The van der Waals surface area contributed by atoms with Gasteiger partial charge in [-0.25, -0.2) is 5.43 Å². The Bertz CT molecular complexity index is 452. The van der Waals surface area contributed by atoms with E-state index < -0.39 is 6.10 Å². The van der Waals surface area contributed by atoms with Crippen molar-refractivity contribution < 1.29 is 23.9 Å². The van der Waals surface area contributed by atoms with Gasteiger partial charge in [0.25, 0.3) is 5.91 Å². The van der Waals surface area contributed by atoms with Crippen LogP contribution in [0.4, 0.5) is 0 Å². The van der Waals surface area contributed by atoms with Gasteiger partial charge in [0.1, 0.15) is 18.8 Å². The van der Waals surface area contributed by atoms with Gasteiger partial charge in [-0.05, 0) is 19.1 Å². The van der Waals surface area contributed by atoms with Crippen molar-refractivity contribution in [1.29, 1.82) is 0 Å². The second kappa shape index (κ2) is 10.1. The van der Waals surface area contributed by atoms with Crippen LogP contribution in [0.25, 0.3) is 0 Å². The Morgan fingerprint density at radius 1 is 1.48 bits per heavy atom. The summed E-state index contributed by atoms with van der Waals surface area (Å²) < 4.78 is 11.1. The van der Waals surface area contributed by atoms with Crippen molar-refractivity contribution in [3.63, 3.8) is 0 Å². The number of carbonyl (C=O) groups is 1. The van der Waals surface area contributed by atoms with E-state index in [1.54, 1.807) is 32.4 Å². The maximum atomic E-state index is 11.9. The van der Waals surface area contributed by atoms with Crippen LogP contribution in [0.5, 0.6) is 0 Å². The van der Waals surface area contributed by atoms with E-state index in [0.717, 1.165) is 13.1 Å². The summed E-state index contributed by atoms with van der Waals surface area (Å²) >= 11 is 0. The van der Waals surface area contributed by atoms with Crippen molar-refractivity contribution in [3.05, 3.63) is 24.0 Å². The lowest BCUT2D eigenvalue weighted by atomic mass is 10.3. The number of allylic oxidation sites excluding steroid dienone is 2. The minimum atomic E-state index is -0.522. The molecule has 0 spiro atoms. The number of nitrogens with one attached hydrogen (secondary N) is 1. The fourth-order valence-electron chi connectivity index (χ4n) is 2.12. The fourth-order valence-corrected chi connectivity index (χ4v) is 2.12. The lowest BCUT2D eigenvalue weighted by molar-refractivity contribution is -0.909. The number of methoxy groups -OCH3 is 1. The molecule has 1 saturated heterocycles. The number of carbonyl (C=O) groups excluding carboxylic acids is 1. The topological polar surface area (TPSA) is 80.2 Å². The first kappa shape index (κ1) is 19.3. The van der Waals surface area contributed by atoms with Gasteiger partial charge in [-0.3, -0.25) is 4.79 Å². The summed E-state index contributed by atoms with van der Waals surface area (Å²) in [5.74, 6) is 0.533. The summed E-state index contributed by atoms with van der Waals surface area (Å²) in [6.45, 7) is 5.13. The summed E-state index contributed by atoms with van der Waals surface area (Å²) in [5, 5.41) is 13.1. The van der Waals surface area contributed by atoms with E-state index >= 15 is 0 Å². The standard InChI is InChI=1S/C16H27N3O4/c1-14(20)6-7-15(22-3)5-4-8-17-18-16(21)13-19(2)9-11-23-12-10-19/h5-8,14,20H,4,9-13H2,1-3H3/p+1/b7-6-,15-5+,17-8+. The molecule has 130 valence electrons. The third-order valence-electron chi connectivity index (χ3n) is 3.56. The monoisotopic (exact) mass is 326 g/mol. The largest absolute Gasteiger partial charge is 0.497 e. The predicted molar refractivity (Wildman–Crippen MR) is 88.8 cm³/mol. The molecule has 7 heteroatoms. The first-order chi connectivity index (χ1) is 10.9. The van der Waals surface area contributed by atoms with Crippen molar-refractivity contribution in [2.45, 2.75) is 19.4 Å². The van der Waals surface area contributed by atoms with Gasteiger partial charge in [0.15, 0.2) is 6.54 Å². The number of aliphatic hydroxyl groups is 1. The molecule has 0 aromatic carbocycles. The molecule has 1 aliphatic rings.